The van der Waals surface area contributed by atoms with Gasteiger partial charge in [0.1, 0.15) is 0 Å². The van der Waals surface area contributed by atoms with E-state index in [4.69, 9.17) is 37.9 Å². The Kier molecular flexibility index (Phi) is 32.0. The second-order valence-corrected chi connectivity index (χ2v) is 34.0. The van der Waals surface area contributed by atoms with E-state index in [1.807, 2.05) is 14.1 Å². The molecule has 12 aromatic rings. The van der Waals surface area contributed by atoms with Crippen molar-refractivity contribution in [2.75, 3.05) is 41.3 Å². The molecule has 0 bridgehead atoms. The molecular weight excluding hydrogens is 1680 g/mol. The molecule has 0 aromatic heterocycles. The molecule has 9 nitrogen and oxygen atoms in total. The molecule has 0 saturated heterocycles. The van der Waals surface area contributed by atoms with E-state index in [1.54, 1.807) is 0 Å². The molecule has 12 aromatic carbocycles. The summed E-state index contributed by atoms with van der Waals surface area (Å²) in [6.07, 6.45) is 0. The number of rotatable bonds is 14. The van der Waals surface area contributed by atoms with Crippen LogP contribution in [0.5, 0.6) is 46.0 Å². The second-order valence-electron chi connectivity index (χ2n) is 25.3. The zero-order chi connectivity index (χ0) is 68.3. The van der Waals surface area contributed by atoms with Crippen molar-refractivity contribution in [3.8, 4) is 68.2 Å². The number of hydrogen-bond acceptors (Lipinski definition) is 9. The molecule has 0 amide bonds. The van der Waals surface area contributed by atoms with Crippen molar-refractivity contribution in [3.63, 3.8) is 0 Å². The summed E-state index contributed by atoms with van der Waals surface area (Å²) in [5, 5.41) is 17.7. The van der Waals surface area contributed by atoms with Crippen LogP contribution in [-0.4, -0.2) is 41.3 Å². The molecule has 0 atom stereocenters. The minimum atomic E-state index is -1.00. The molecule has 106 heavy (non-hydrogen) atoms. The van der Waals surface area contributed by atoms with E-state index in [1.165, 1.54) is 108 Å². The van der Waals surface area contributed by atoms with Crippen LogP contribution in [0.4, 0.5) is 0 Å². The molecule has 0 aliphatic carbocycles. The van der Waals surface area contributed by atoms with Gasteiger partial charge in [0.2, 0.25) is 27.2 Å². The summed E-state index contributed by atoms with van der Waals surface area (Å²) in [4.78, 5) is 0. The summed E-state index contributed by atoms with van der Waals surface area (Å²) in [6, 6.07) is 89.0. The Balaban J connectivity index is 0.000000268. The first-order chi connectivity index (χ1) is 48.3. The monoisotopic (exact) mass is 1760 g/mol. The van der Waals surface area contributed by atoms with Crippen molar-refractivity contribution in [1.82, 2.24) is 5.32 Å². The van der Waals surface area contributed by atoms with E-state index in [0.29, 0.717) is 0 Å². The van der Waals surface area contributed by atoms with Gasteiger partial charge in [0.15, 0.2) is 46.0 Å². The second kappa shape index (κ2) is 39.2. The number of ether oxygens (including phenoxy) is 8. The maximum Gasteiger partial charge on any atom is 2.00 e. The summed E-state index contributed by atoms with van der Waals surface area (Å²) in [5.41, 5.74) is 13.9. The van der Waals surface area contributed by atoms with Crippen LogP contribution in [0.15, 0.2) is 243 Å². The van der Waals surface area contributed by atoms with Crippen LogP contribution in [0.2, 0.25) is 0 Å². The van der Waals surface area contributed by atoms with Crippen LogP contribution in [-0.2, 0) is 39.0 Å². The quantitative estimate of drug-likeness (QED) is 0.120. The fourth-order valence-corrected chi connectivity index (χ4v) is 22.5. The molecule has 4 heterocycles. The van der Waals surface area contributed by atoms with Crippen LogP contribution in [0.25, 0.3) is 22.3 Å². The molecule has 0 saturated carbocycles. The maximum absolute atomic E-state index is 6.42. The van der Waals surface area contributed by atoms with Crippen molar-refractivity contribution >= 4 is 95.3 Å². The minimum Gasteiger partial charge on any atom is -1.00 e. The molecule has 548 valence electrons. The van der Waals surface area contributed by atoms with E-state index in [2.05, 4.69) is 303 Å². The third kappa shape index (κ3) is 18.5. The van der Waals surface area contributed by atoms with Gasteiger partial charge in [0.05, 0.1) is 0 Å². The van der Waals surface area contributed by atoms with Gasteiger partial charge in [0.25, 0.3) is 0 Å². The van der Waals surface area contributed by atoms with Crippen LogP contribution in [0.1, 0.15) is 44.5 Å². The minimum absolute atomic E-state index is 0. The Labute approximate surface area is 685 Å². The number of fused-ring (bicyclic) bond motifs is 4. The van der Waals surface area contributed by atoms with E-state index in [0.717, 1.165) is 68.2 Å². The third-order valence-corrected chi connectivity index (χ3v) is 27.8. The molecule has 0 fully saturated rings. The van der Waals surface area contributed by atoms with Crippen molar-refractivity contribution in [2.24, 2.45) is 0 Å². The van der Waals surface area contributed by atoms with Gasteiger partial charge in [0, 0.05) is 22.3 Å². The SMILES string of the molecule is CNC.Cc1ccc(P(c2ccc(C)cc2)c2ccc3c(c2-c2c(P(c4ccc(C)cc4)c4ccc(C)cc4)ccc4c2OCO4)OCO3)cc1.Cc1ccc(P(c2ccc(C)cc2)c2ccc3c(c2-c2c(P(c4ccc(C)cc4)c4ccc(C)cc4)ccc4c2OCO4)OCO3)cc1.[Cl-].[Cl-].[Cl-].[Cl-].[Cl-].[Ru+2].[Ru+2]. The first-order valence-electron chi connectivity index (χ1n) is 33.3. The van der Waals surface area contributed by atoms with Gasteiger partial charge in [-0.3, -0.25) is 0 Å². The summed E-state index contributed by atoms with van der Waals surface area (Å²) in [7, 11) is -0.257. The Morgan fingerprint density at radius 3 is 0.472 bits per heavy atom. The Morgan fingerprint density at radius 1 is 0.208 bits per heavy atom. The fourth-order valence-electron chi connectivity index (χ4n) is 12.8. The smallest absolute Gasteiger partial charge is 1.00 e. The fraction of sp³-hybridized carbons (Fsp3) is 0.163. The zero-order valence-corrected chi connectivity index (χ0v) is 70.9. The molecule has 1 N–H and O–H groups in total. The Hall–Kier alpha value is -6.58. The first-order valence-corrected chi connectivity index (χ1v) is 38.7. The molecular formula is C86H79Cl5NO8P4Ru2-. The third-order valence-electron chi connectivity index (χ3n) is 17.9. The van der Waals surface area contributed by atoms with Crippen molar-refractivity contribution in [1.29, 1.82) is 0 Å². The first kappa shape index (κ1) is 86.7. The largest absolute Gasteiger partial charge is 2.00 e. The van der Waals surface area contributed by atoms with Gasteiger partial charge in [-0.2, -0.15) is 0 Å². The van der Waals surface area contributed by atoms with E-state index >= 15 is 0 Å². The molecule has 4 aliphatic rings. The normalized spacial score (nSPS) is 12.0. The summed E-state index contributed by atoms with van der Waals surface area (Å²) in [6.45, 7) is 17.8. The molecule has 0 radical (unpaired) electrons. The average Bonchev–Trinajstić information content (AvgIpc) is 1.35. The summed E-state index contributed by atoms with van der Waals surface area (Å²) < 4.78 is 50.0. The van der Waals surface area contributed by atoms with Crippen molar-refractivity contribution in [2.45, 2.75) is 55.4 Å². The average molecular weight is 1760 g/mol. The molecule has 0 spiro atoms. The van der Waals surface area contributed by atoms with Gasteiger partial charge >= 0.3 is 39.0 Å². The van der Waals surface area contributed by atoms with Gasteiger partial charge in [-0.05, 0) is 213 Å². The standard InChI is InChI=1S/2C42H36O4P2.C2H7N.5ClH.2Ru/c2*1-27-5-13-31(14-6-27)47(32-15-7-28(2)8-16-32)37-23-21-35-41(45-25-43-35)39(37)40-38(24-22-36-42(40)46-26-44-36)48(33-17-9-29(3)10-18-33)34-19-11-30(4)12-20-34;1-3-2;;;;;;;/h2*5-24H,25-26H2,1-4H3;3H,1-2H3;5*1H;;/q;;;;;;;;2*+2/p-5. The predicted molar refractivity (Wildman–Crippen MR) is 416 cm³/mol. The maximum atomic E-state index is 6.42. The molecule has 4 aliphatic heterocycles. The molecule has 0 unspecified atom stereocenters. The van der Waals surface area contributed by atoms with Crippen LogP contribution < -0.4 is 169 Å². The number of benzene rings is 12. The van der Waals surface area contributed by atoms with E-state index < -0.39 is 31.7 Å². The van der Waals surface area contributed by atoms with Crippen LogP contribution in [0.3, 0.4) is 0 Å². The van der Waals surface area contributed by atoms with E-state index in [-0.39, 0.29) is 128 Å². The van der Waals surface area contributed by atoms with E-state index in [9.17, 15) is 0 Å². The molecule has 16 rings (SSSR count). The van der Waals surface area contributed by atoms with Gasteiger partial charge in [-0.25, -0.2) is 0 Å². The number of nitrogens with one attached hydrogen (secondary N) is 1. The van der Waals surface area contributed by atoms with Gasteiger partial charge < -0.3 is 105 Å². The van der Waals surface area contributed by atoms with Gasteiger partial charge in [-0.15, -0.1) is 0 Å². The Bertz CT molecular complexity index is 4100. The van der Waals surface area contributed by atoms with Gasteiger partial charge in [-0.1, -0.05) is 239 Å². The zero-order valence-electron chi connectivity index (χ0n) is 60.1. The number of hydrogen-bond donors (Lipinski definition) is 1. The molecule has 20 heteroatoms. The topological polar surface area (TPSA) is 85.9 Å². The van der Waals surface area contributed by atoms with Crippen LogP contribution >= 0.6 is 31.7 Å². The Morgan fingerprint density at radius 2 is 0.340 bits per heavy atom. The summed E-state index contributed by atoms with van der Waals surface area (Å²) in [5.74, 6) is 6.00. The van der Waals surface area contributed by atoms with Crippen molar-refractivity contribution < 1.29 is 139 Å². The summed E-state index contributed by atoms with van der Waals surface area (Å²) >= 11 is 0. The number of aryl methyl sites for hydroxylation is 8. The predicted octanol–water partition coefficient (Wildman–Crippen LogP) is -0.0272. The van der Waals surface area contributed by atoms with Crippen molar-refractivity contribution in [3.05, 3.63) is 287 Å². The number of halogens is 5. The van der Waals surface area contributed by atoms with Crippen LogP contribution in [0, 0.1) is 55.4 Å².